The molecule has 0 radical (unpaired) electrons. The molecule has 0 aliphatic carbocycles. The van der Waals surface area contributed by atoms with Crippen LogP contribution in [0.2, 0.25) is 0 Å². The summed E-state index contributed by atoms with van der Waals surface area (Å²) in [5, 5.41) is 12.3. The Morgan fingerprint density at radius 2 is 1.74 bits per heavy atom. The summed E-state index contributed by atoms with van der Waals surface area (Å²) in [5.74, 6) is -1.62. The Morgan fingerprint density at radius 1 is 1.07 bits per heavy atom. The normalized spacial score (nSPS) is 10.2. The summed E-state index contributed by atoms with van der Waals surface area (Å²) in [4.78, 5) is 37.2. The zero-order valence-corrected chi connectivity index (χ0v) is 15.5. The first-order valence-corrected chi connectivity index (χ1v) is 8.33. The Morgan fingerprint density at radius 3 is 2.37 bits per heavy atom. The van der Waals surface area contributed by atoms with E-state index in [9.17, 15) is 19.5 Å². The van der Waals surface area contributed by atoms with E-state index >= 15 is 0 Å². The molecule has 0 saturated heterocycles. The maximum Gasteiger partial charge on any atom is 0.338 e. The molecule has 0 fully saturated rings. The number of carbonyl (C=O) groups excluding carboxylic acids is 3. The minimum atomic E-state index is -0.726. The number of nitrogens with zero attached hydrogens (tertiary/aromatic N) is 1. The van der Waals surface area contributed by atoms with Gasteiger partial charge < -0.3 is 20.1 Å². The van der Waals surface area contributed by atoms with Gasteiger partial charge in [0.2, 0.25) is 5.91 Å². The number of anilines is 1. The highest BCUT2D eigenvalue weighted by Gasteiger charge is 2.16. The van der Waals surface area contributed by atoms with Crippen molar-refractivity contribution >= 4 is 23.5 Å². The van der Waals surface area contributed by atoms with Crippen molar-refractivity contribution < 1.29 is 24.2 Å². The number of aryl methyl sites for hydroxylation is 2. The third kappa shape index (κ3) is 5.85. The van der Waals surface area contributed by atoms with Crippen molar-refractivity contribution in [2.75, 3.05) is 25.5 Å². The maximum absolute atomic E-state index is 12.1. The van der Waals surface area contributed by atoms with Gasteiger partial charge in [-0.3, -0.25) is 9.59 Å². The van der Waals surface area contributed by atoms with Crippen LogP contribution in [0.5, 0.6) is 5.75 Å². The second-order valence-corrected chi connectivity index (χ2v) is 6.24. The predicted octanol–water partition coefficient (Wildman–Crippen LogP) is 2.26. The number of esters is 1. The van der Waals surface area contributed by atoms with Crippen LogP contribution in [-0.2, 0) is 14.3 Å². The van der Waals surface area contributed by atoms with Crippen molar-refractivity contribution in [3.63, 3.8) is 0 Å². The molecule has 0 aliphatic heterocycles. The summed E-state index contributed by atoms with van der Waals surface area (Å²) >= 11 is 0. The van der Waals surface area contributed by atoms with Crippen molar-refractivity contribution in [1.29, 1.82) is 0 Å². The van der Waals surface area contributed by atoms with Gasteiger partial charge in [0.1, 0.15) is 5.75 Å². The molecule has 0 spiro atoms. The Bertz CT molecular complexity index is 846. The molecule has 142 valence electrons. The van der Waals surface area contributed by atoms with Crippen molar-refractivity contribution in [3.8, 4) is 5.75 Å². The van der Waals surface area contributed by atoms with Crippen LogP contribution < -0.4 is 5.32 Å². The second kappa shape index (κ2) is 8.84. The van der Waals surface area contributed by atoms with E-state index in [1.54, 1.807) is 25.1 Å². The Balaban J connectivity index is 1.82. The minimum absolute atomic E-state index is 0.0272. The zero-order valence-electron chi connectivity index (χ0n) is 15.5. The molecular formula is C20H22N2O5. The van der Waals surface area contributed by atoms with E-state index in [1.165, 1.54) is 24.1 Å². The SMILES string of the molecule is Cc1ccc(NC(=O)CN(C)C(=O)COC(=O)c2ccc(C)c(O)c2)cc1. The second-order valence-electron chi connectivity index (χ2n) is 6.24. The van der Waals surface area contributed by atoms with Gasteiger partial charge in [-0.2, -0.15) is 0 Å². The molecule has 0 aliphatic rings. The lowest BCUT2D eigenvalue weighted by Crippen LogP contribution is -2.37. The molecule has 2 N–H and O–H groups in total. The van der Waals surface area contributed by atoms with E-state index in [0.717, 1.165) is 5.56 Å². The van der Waals surface area contributed by atoms with Gasteiger partial charge in [-0.15, -0.1) is 0 Å². The lowest BCUT2D eigenvalue weighted by atomic mass is 10.1. The Hall–Kier alpha value is -3.35. The monoisotopic (exact) mass is 370 g/mol. The van der Waals surface area contributed by atoms with Crippen LogP contribution in [0.15, 0.2) is 42.5 Å². The third-order valence-corrected chi connectivity index (χ3v) is 3.91. The van der Waals surface area contributed by atoms with Gasteiger partial charge in [0.25, 0.3) is 5.91 Å². The number of phenols is 1. The molecular weight excluding hydrogens is 348 g/mol. The summed E-state index contributed by atoms with van der Waals surface area (Å²) in [6.07, 6.45) is 0. The van der Waals surface area contributed by atoms with E-state index in [-0.39, 0.29) is 23.8 Å². The van der Waals surface area contributed by atoms with Gasteiger partial charge in [0.15, 0.2) is 6.61 Å². The Labute approximate surface area is 157 Å². The van der Waals surface area contributed by atoms with Gasteiger partial charge in [-0.25, -0.2) is 4.79 Å². The van der Waals surface area contributed by atoms with Gasteiger partial charge in [0.05, 0.1) is 12.1 Å². The van der Waals surface area contributed by atoms with Crippen LogP contribution in [0, 0.1) is 13.8 Å². The van der Waals surface area contributed by atoms with E-state index in [0.29, 0.717) is 11.3 Å². The predicted molar refractivity (Wildman–Crippen MR) is 101 cm³/mol. The van der Waals surface area contributed by atoms with Crippen LogP contribution in [0.25, 0.3) is 0 Å². The number of rotatable bonds is 6. The average Bonchev–Trinajstić information content (AvgIpc) is 2.63. The fraction of sp³-hybridized carbons (Fsp3) is 0.250. The van der Waals surface area contributed by atoms with Crippen LogP contribution in [0.4, 0.5) is 5.69 Å². The number of carbonyl (C=O) groups is 3. The van der Waals surface area contributed by atoms with Crippen molar-refractivity contribution in [1.82, 2.24) is 4.90 Å². The fourth-order valence-electron chi connectivity index (χ4n) is 2.20. The summed E-state index contributed by atoms with van der Waals surface area (Å²) in [7, 11) is 1.45. The first-order chi connectivity index (χ1) is 12.8. The molecule has 2 amide bonds. The molecule has 0 unspecified atom stereocenters. The molecule has 2 aromatic carbocycles. The highest BCUT2D eigenvalue weighted by Crippen LogP contribution is 2.18. The van der Waals surface area contributed by atoms with Gasteiger partial charge in [-0.1, -0.05) is 23.8 Å². The topological polar surface area (TPSA) is 95.9 Å². The average molecular weight is 370 g/mol. The number of aromatic hydroxyl groups is 1. The molecule has 2 rings (SSSR count). The van der Waals surface area contributed by atoms with E-state index in [2.05, 4.69) is 5.32 Å². The largest absolute Gasteiger partial charge is 0.508 e. The summed E-state index contributed by atoms with van der Waals surface area (Å²) < 4.78 is 4.95. The lowest BCUT2D eigenvalue weighted by Gasteiger charge is -2.17. The van der Waals surface area contributed by atoms with Gasteiger partial charge in [0, 0.05) is 12.7 Å². The molecule has 7 nitrogen and oxygen atoms in total. The van der Waals surface area contributed by atoms with Gasteiger partial charge in [-0.05, 0) is 43.7 Å². The first kappa shape index (κ1) is 20.0. The molecule has 0 bridgehead atoms. The number of amides is 2. The highest BCUT2D eigenvalue weighted by molar-refractivity contribution is 5.95. The standard InChI is InChI=1S/C20H22N2O5/c1-13-4-8-16(9-5-13)21-18(24)11-22(3)19(25)12-27-20(26)15-7-6-14(2)17(23)10-15/h4-10,23H,11-12H2,1-3H3,(H,21,24). The van der Waals surface area contributed by atoms with Crippen molar-refractivity contribution in [3.05, 3.63) is 59.2 Å². The Kier molecular flexibility index (Phi) is 6.54. The lowest BCUT2D eigenvalue weighted by molar-refractivity contribution is -0.136. The third-order valence-electron chi connectivity index (χ3n) is 3.91. The number of hydrogen-bond acceptors (Lipinski definition) is 5. The van der Waals surface area contributed by atoms with Crippen LogP contribution in [0.3, 0.4) is 0 Å². The van der Waals surface area contributed by atoms with Crippen LogP contribution in [-0.4, -0.2) is 48.0 Å². The molecule has 2 aromatic rings. The quantitative estimate of drug-likeness (QED) is 0.761. The number of ether oxygens (including phenoxy) is 1. The summed E-state index contributed by atoms with van der Waals surface area (Å²) in [5.41, 5.74) is 2.48. The number of hydrogen-bond donors (Lipinski definition) is 2. The molecule has 27 heavy (non-hydrogen) atoms. The summed E-state index contributed by atoms with van der Waals surface area (Å²) in [6, 6.07) is 11.6. The number of likely N-dealkylation sites (N-methyl/N-ethyl adjacent to an activating group) is 1. The van der Waals surface area contributed by atoms with Crippen molar-refractivity contribution in [2.45, 2.75) is 13.8 Å². The minimum Gasteiger partial charge on any atom is -0.508 e. The maximum atomic E-state index is 12.1. The van der Waals surface area contributed by atoms with Crippen LogP contribution in [0.1, 0.15) is 21.5 Å². The molecule has 0 heterocycles. The number of benzene rings is 2. The molecule has 0 saturated carbocycles. The van der Waals surface area contributed by atoms with E-state index in [4.69, 9.17) is 4.74 Å². The molecule has 0 atom stereocenters. The fourth-order valence-corrected chi connectivity index (χ4v) is 2.20. The zero-order chi connectivity index (χ0) is 20.0. The van der Waals surface area contributed by atoms with Gasteiger partial charge >= 0.3 is 5.97 Å². The van der Waals surface area contributed by atoms with Crippen molar-refractivity contribution in [2.24, 2.45) is 0 Å². The smallest absolute Gasteiger partial charge is 0.338 e. The number of nitrogens with one attached hydrogen (secondary N) is 1. The summed E-state index contributed by atoms with van der Waals surface area (Å²) in [6.45, 7) is 2.97. The molecule has 0 aromatic heterocycles. The van der Waals surface area contributed by atoms with E-state index < -0.39 is 18.5 Å². The van der Waals surface area contributed by atoms with E-state index in [1.807, 2.05) is 19.1 Å². The highest BCUT2D eigenvalue weighted by atomic mass is 16.5. The molecule has 7 heteroatoms. The van der Waals surface area contributed by atoms with Crippen LogP contribution >= 0.6 is 0 Å². The number of phenolic OH excluding ortho intramolecular Hbond substituents is 1. The first-order valence-electron chi connectivity index (χ1n) is 8.33.